The minimum atomic E-state index is 0.222. The summed E-state index contributed by atoms with van der Waals surface area (Å²) in [6.07, 6.45) is 9.26. The highest BCUT2D eigenvalue weighted by Crippen LogP contribution is 2.15. The van der Waals surface area contributed by atoms with E-state index in [4.69, 9.17) is 28.1 Å². The van der Waals surface area contributed by atoms with Crippen LogP contribution < -0.4 is 15.5 Å². The van der Waals surface area contributed by atoms with Crippen LogP contribution in [-0.4, -0.2) is 37.2 Å². The van der Waals surface area contributed by atoms with Crippen LogP contribution in [0.3, 0.4) is 0 Å². The zero-order chi connectivity index (χ0) is 15.6. The summed E-state index contributed by atoms with van der Waals surface area (Å²) in [6.45, 7) is 1.75. The Labute approximate surface area is 136 Å². The molecule has 1 aromatic carbocycles. The molecule has 0 radical (unpaired) electrons. The Morgan fingerprint density at radius 3 is 3.18 bits per heavy atom. The molecule has 0 unspecified atom stereocenters. The molecule has 2 rings (SSSR count). The van der Waals surface area contributed by atoms with Gasteiger partial charge in [0.25, 0.3) is 0 Å². The van der Waals surface area contributed by atoms with Crippen LogP contribution in [0.2, 0.25) is 0 Å². The highest BCUT2D eigenvalue weighted by Gasteiger charge is 2.14. The third kappa shape index (κ3) is 5.35. The van der Waals surface area contributed by atoms with Crippen LogP contribution in [0.15, 0.2) is 29.4 Å². The fourth-order valence-electron chi connectivity index (χ4n) is 2.05. The standard InChI is InChI=1S/C16H19N3O2S/c1-2-9-21-15-8-4-3-6-13(15)11-18-19-16(22)17-12-14-7-5-10-20-14/h1,3-4,6,8,11,14H,5,7,9-10,12H2,(H2,17,19,22)/b18-11-/t14-/m0/s1. The van der Waals surface area contributed by atoms with Crippen molar-refractivity contribution in [2.24, 2.45) is 5.10 Å². The van der Waals surface area contributed by atoms with E-state index < -0.39 is 0 Å². The number of hydrogen-bond acceptors (Lipinski definition) is 4. The van der Waals surface area contributed by atoms with Crippen molar-refractivity contribution < 1.29 is 9.47 Å². The monoisotopic (exact) mass is 317 g/mol. The molecule has 1 saturated heterocycles. The smallest absolute Gasteiger partial charge is 0.187 e. The van der Waals surface area contributed by atoms with Crippen molar-refractivity contribution >= 4 is 23.5 Å². The van der Waals surface area contributed by atoms with Gasteiger partial charge in [-0.2, -0.15) is 5.10 Å². The molecule has 0 amide bonds. The number of thiocarbonyl (C=S) groups is 1. The number of benzene rings is 1. The summed E-state index contributed by atoms with van der Waals surface area (Å²) in [4.78, 5) is 0. The van der Waals surface area contributed by atoms with Gasteiger partial charge in [-0.25, -0.2) is 0 Å². The predicted octanol–water partition coefficient (Wildman–Crippen LogP) is 1.68. The van der Waals surface area contributed by atoms with Gasteiger partial charge < -0.3 is 14.8 Å². The normalized spacial score (nSPS) is 17.1. The second-order valence-electron chi connectivity index (χ2n) is 4.75. The first-order valence-electron chi connectivity index (χ1n) is 7.13. The lowest BCUT2D eigenvalue weighted by Gasteiger charge is -2.11. The minimum Gasteiger partial charge on any atom is -0.480 e. The molecule has 1 fully saturated rings. The van der Waals surface area contributed by atoms with Gasteiger partial charge in [0.1, 0.15) is 12.4 Å². The molecule has 2 N–H and O–H groups in total. The molecule has 0 bridgehead atoms. The van der Waals surface area contributed by atoms with Crippen molar-refractivity contribution in [2.45, 2.75) is 18.9 Å². The maximum atomic E-state index is 5.51. The first-order valence-corrected chi connectivity index (χ1v) is 7.54. The molecule has 6 heteroatoms. The number of hydrogen-bond donors (Lipinski definition) is 2. The zero-order valence-electron chi connectivity index (χ0n) is 12.2. The fraction of sp³-hybridized carbons (Fsp3) is 0.375. The SMILES string of the molecule is C#CCOc1ccccc1/C=N\NC(=S)NC[C@@H]1CCCO1. The third-order valence-electron chi connectivity index (χ3n) is 3.11. The van der Waals surface area contributed by atoms with Gasteiger partial charge in [0.05, 0.1) is 12.3 Å². The summed E-state index contributed by atoms with van der Waals surface area (Å²) in [5.74, 6) is 3.12. The summed E-state index contributed by atoms with van der Waals surface area (Å²) in [6, 6.07) is 7.51. The van der Waals surface area contributed by atoms with Crippen molar-refractivity contribution in [1.82, 2.24) is 10.7 Å². The second kappa shape index (κ2) is 9.03. The van der Waals surface area contributed by atoms with Crippen molar-refractivity contribution in [3.8, 4) is 18.1 Å². The summed E-state index contributed by atoms with van der Waals surface area (Å²) >= 11 is 5.16. The molecular formula is C16H19N3O2S. The van der Waals surface area contributed by atoms with E-state index in [-0.39, 0.29) is 12.7 Å². The first-order chi connectivity index (χ1) is 10.8. The zero-order valence-corrected chi connectivity index (χ0v) is 13.1. The quantitative estimate of drug-likeness (QED) is 0.362. The van der Waals surface area contributed by atoms with Gasteiger partial charge in [0, 0.05) is 18.7 Å². The van der Waals surface area contributed by atoms with E-state index in [0.29, 0.717) is 17.4 Å². The van der Waals surface area contributed by atoms with E-state index in [1.54, 1.807) is 6.21 Å². The molecule has 1 aliphatic rings. The Morgan fingerprint density at radius 2 is 2.41 bits per heavy atom. The molecule has 5 nitrogen and oxygen atoms in total. The van der Waals surface area contributed by atoms with Gasteiger partial charge in [0.2, 0.25) is 0 Å². The molecule has 0 saturated carbocycles. The van der Waals surface area contributed by atoms with Gasteiger partial charge in [0.15, 0.2) is 5.11 Å². The Hall–Kier alpha value is -2.10. The summed E-state index contributed by atoms with van der Waals surface area (Å²) < 4.78 is 10.9. The van der Waals surface area contributed by atoms with Crippen molar-refractivity contribution in [1.29, 1.82) is 0 Å². The molecule has 22 heavy (non-hydrogen) atoms. The van der Waals surface area contributed by atoms with Crippen LogP contribution in [0.4, 0.5) is 0 Å². The number of terminal acetylenes is 1. The largest absolute Gasteiger partial charge is 0.480 e. The average Bonchev–Trinajstić information content (AvgIpc) is 3.05. The molecule has 0 spiro atoms. The Morgan fingerprint density at radius 1 is 1.55 bits per heavy atom. The van der Waals surface area contributed by atoms with Gasteiger partial charge in [-0.1, -0.05) is 18.1 Å². The van der Waals surface area contributed by atoms with Gasteiger partial charge in [-0.3, -0.25) is 5.43 Å². The van der Waals surface area contributed by atoms with Crippen molar-refractivity contribution in [3.63, 3.8) is 0 Å². The van der Waals surface area contributed by atoms with Crippen LogP contribution >= 0.6 is 12.2 Å². The van der Waals surface area contributed by atoms with Crippen LogP contribution in [0.1, 0.15) is 18.4 Å². The van der Waals surface area contributed by atoms with E-state index in [9.17, 15) is 0 Å². The maximum Gasteiger partial charge on any atom is 0.187 e. The average molecular weight is 317 g/mol. The van der Waals surface area contributed by atoms with Crippen LogP contribution in [0.5, 0.6) is 5.75 Å². The number of hydrazone groups is 1. The van der Waals surface area contributed by atoms with E-state index in [2.05, 4.69) is 21.8 Å². The van der Waals surface area contributed by atoms with Crippen LogP contribution in [-0.2, 0) is 4.74 Å². The Balaban J connectivity index is 1.79. The molecule has 1 aliphatic heterocycles. The van der Waals surface area contributed by atoms with Crippen molar-refractivity contribution in [2.75, 3.05) is 19.8 Å². The highest BCUT2D eigenvalue weighted by atomic mass is 32.1. The Kier molecular flexibility index (Phi) is 6.68. The van der Waals surface area contributed by atoms with Gasteiger partial charge >= 0.3 is 0 Å². The highest BCUT2D eigenvalue weighted by molar-refractivity contribution is 7.80. The van der Waals surface area contributed by atoms with Gasteiger partial charge in [-0.05, 0) is 37.2 Å². The lowest BCUT2D eigenvalue weighted by Crippen LogP contribution is -2.37. The Bertz CT molecular complexity index is 563. The van der Waals surface area contributed by atoms with Crippen LogP contribution in [0.25, 0.3) is 0 Å². The molecule has 1 heterocycles. The summed E-state index contributed by atoms with van der Waals surface area (Å²) in [5.41, 5.74) is 3.60. The lowest BCUT2D eigenvalue weighted by atomic mass is 10.2. The topological polar surface area (TPSA) is 54.9 Å². The van der Waals surface area contributed by atoms with E-state index in [0.717, 1.165) is 25.0 Å². The summed E-state index contributed by atoms with van der Waals surface area (Å²) in [5, 5.41) is 7.65. The third-order valence-corrected chi connectivity index (χ3v) is 3.35. The summed E-state index contributed by atoms with van der Waals surface area (Å²) in [7, 11) is 0. The molecule has 0 aliphatic carbocycles. The van der Waals surface area contributed by atoms with Crippen LogP contribution in [0, 0.1) is 12.3 Å². The molecule has 1 aromatic rings. The van der Waals surface area contributed by atoms with E-state index >= 15 is 0 Å². The number of ether oxygens (including phenoxy) is 2. The number of nitrogens with one attached hydrogen (secondary N) is 2. The molecular weight excluding hydrogens is 298 g/mol. The van der Waals surface area contributed by atoms with Gasteiger partial charge in [-0.15, -0.1) is 6.42 Å². The van der Waals surface area contributed by atoms with E-state index in [1.807, 2.05) is 24.3 Å². The van der Waals surface area contributed by atoms with E-state index in [1.165, 1.54) is 0 Å². The number of para-hydroxylation sites is 1. The molecule has 1 atom stereocenters. The molecule has 0 aromatic heterocycles. The van der Waals surface area contributed by atoms with Crippen molar-refractivity contribution in [3.05, 3.63) is 29.8 Å². The lowest BCUT2D eigenvalue weighted by molar-refractivity contribution is 0.114. The second-order valence-corrected chi connectivity index (χ2v) is 5.15. The first kappa shape index (κ1) is 16.3. The minimum absolute atomic E-state index is 0.222. The maximum absolute atomic E-state index is 5.51. The number of nitrogens with zero attached hydrogens (tertiary/aromatic N) is 1. The fourth-order valence-corrected chi connectivity index (χ4v) is 2.19. The molecule has 116 valence electrons. The number of rotatable bonds is 6. The predicted molar refractivity (Wildman–Crippen MR) is 91.1 cm³/mol.